The molecule has 0 spiro atoms. The van der Waals surface area contributed by atoms with Gasteiger partial charge in [0, 0.05) is 32.6 Å². The molecule has 1 N–H and O–H groups in total. The fourth-order valence-corrected chi connectivity index (χ4v) is 2.35. The number of hydrogen-bond acceptors (Lipinski definition) is 4. The molecule has 2 rings (SSSR count). The Morgan fingerprint density at radius 3 is 3.21 bits per heavy atom. The Morgan fingerprint density at radius 2 is 2.47 bits per heavy atom. The van der Waals surface area contributed by atoms with Crippen LogP contribution in [0.15, 0.2) is 6.20 Å². The third-order valence-electron chi connectivity index (χ3n) is 3.27. The van der Waals surface area contributed by atoms with Crippen LogP contribution >= 0.6 is 0 Å². The standard InChI is InChI=1S/C14H25N3O2/c1-3-18-8-5-7-15-14-16-12(2)10-17(14)11-13-6-4-9-19-13/h10,13H,3-9,11H2,1-2H3,(H,15,16). The van der Waals surface area contributed by atoms with E-state index in [0.717, 1.165) is 57.4 Å². The first-order valence-corrected chi connectivity index (χ1v) is 7.26. The Morgan fingerprint density at radius 1 is 1.58 bits per heavy atom. The number of nitrogens with one attached hydrogen (secondary N) is 1. The van der Waals surface area contributed by atoms with Gasteiger partial charge in [-0.2, -0.15) is 0 Å². The van der Waals surface area contributed by atoms with Gasteiger partial charge in [0.1, 0.15) is 0 Å². The van der Waals surface area contributed by atoms with Gasteiger partial charge in [0.25, 0.3) is 0 Å². The molecule has 0 aromatic carbocycles. The predicted octanol–water partition coefficient (Wildman–Crippen LogP) is 2.21. The van der Waals surface area contributed by atoms with Crippen LogP contribution in [0, 0.1) is 6.92 Å². The number of rotatable bonds is 8. The fraction of sp³-hybridized carbons (Fsp3) is 0.786. The van der Waals surface area contributed by atoms with E-state index in [2.05, 4.69) is 21.1 Å². The number of ether oxygens (including phenoxy) is 2. The minimum absolute atomic E-state index is 0.345. The molecule has 2 heterocycles. The second-order valence-corrected chi connectivity index (χ2v) is 4.97. The lowest BCUT2D eigenvalue weighted by Gasteiger charge is -2.13. The summed E-state index contributed by atoms with van der Waals surface area (Å²) in [5, 5.41) is 3.38. The van der Waals surface area contributed by atoms with Crippen molar-refractivity contribution in [2.45, 2.75) is 45.8 Å². The summed E-state index contributed by atoms with van der Waals surface area (Å²) in [5.41, 5.74) is 1.05. The zero-order chi connectivity index (χ0) is 13.5. The molecule has 1 aliphatic heterocycles. The van der Waals surface area contributed by atoms with Gasteiger partial charge in [-0.15, -0.1) is 0 Å². The average molecular weight is 267 g/mol. The molecule has 1 unspecified atom stereocenters. The highest BCUT2D eigenvalue weighted by Gasteiger charge is 2.17. The smallest absolute Gasteiger partial charge is 0.203 e. The number of aryl methyl sites for hydroxylation is 1. The zero-order valence-corrected chi connectivity index (χ0v) is 12.0. The summed E-state index contributed by atoms with van der Waals surface area (Å²) in [7, 11) is 0. The van der Waals surface area contributed by atoms with Crippen LogP contribution in [-0.4, -0.2) is 42.0 Å². The monoisotopic (exact) mass is 267 g/mol. The molecular weight excluding hydrogens is 242 g/mol. The van der Waals surface area contributed by atoms with Crippen molar-refractivity contribution in [3.05, 3.63) is 11.9 Å². The van der Waals surface area contributed by atoms with Gasteiger partial charge in [0.2, 0.25) is 5.95 Å². The van der Waals surface area contributed by atoms with E-state index in [4.69, 9.17) is 9.47 Å². The van der Waals surface area contributed by atoms with Crippen LogP contribution in [0.5, 0.6) is 0 Å². The van der Waals surface area contributed by atoms with Crippen LogP contribution in [0.1, 0.15) is 31.9 Å². The average Bonchev–Trinajstić information content (AvgIpc) is 3.00. The van der Waals surface area contributed by atoms with E-state index in [1.165, 1.54) is 6.42 Å². The molecule has 0 amide bonds. The summed E-state index contributed by atoms with van der Waals surface area (Å²) in [4.78, 5) is 4.53. The zero-order valence-electron chi connectivity index (χ0n) is 12.0. The van der Waals surface area contributed by atoms with Crippen molar-refractivity contribution in [1.82, 2.24) is 9.55 Å². The van der Waals surface area contributed by atoms with E-state index in [0.29, 0.717) is 6.10 Å². The normalized spacial score (nSPS) is 18.9. The maximum atomic E-state index is 5.68. The molecule has 1 aromatic heterocycles. The Balaban J connectivity index is 1.81. The number of imidazole rings is 1. The highest BCUT2D eigenvalue weighted by atomic mass is 16.5. The summed E-state index contributed by atoms with van der Waals surface area (Å²) < 4.78 is 13.2. The van der Waals surface area contributed by atoms with Crippen molar-refractivity contribution >= 4 is 5.95 Å². The van der Waals surface area contributed by atoms with Crippen LogP contribution in [0.3, 0.4) is 0 Å². The first-order chi connectivity index (χ1) is 9.29. The summed E-state index contributed by atoms with van der Waals surface area (Å²) in [6.45, 7) is 8.32. The maximum Gasteiger partial charge on any atom is 0.203 e. The van der Waals surface area contributed by atoms with E-state index in [1.807, 2.05) is 13.8 Å². The van der Waals surface area contributed by atoms with E-state index in [-0.39, 0.29) is 0 Å². The molecule has 1 fully saturated rings. The molecule has 1 atom stereocenters. The lowest BCUT2D eigenvalue weighted by molar-refractivity contribution is 0.0974. The molecule has 0 bridgehead atoms. The second kappa shape index (κ2) is 7.50. The van der Waals surface area contributed by atoms with Crippen molar-refractivity contribution in [1.29, 1.82) is 0 Å². The maximum absolute atomic E-state index is 5.68. The lowest BCUT2D eigenvalue weighted by Crippen LogP contribution is -2.17. The van der Waals surface area contributed by atoms with Gasteiger partial charge in [-0.1, -0.05) is 0 Å². The molecule has 1 aliphatic rings. The Hall–Kier alpha value is -1.07. The SMILES string of the molecule is CCOCCCNc1nc(C)cn1CC1CCCO1. The quantitative estimate of drug-likeness (QED) is 0.734. The van der Waals surface area contributed by atoms with Gasteiger partial charge < -0.3 is 19.4 Å². The molecule has 0 saturated carbocycles. The van der Waals surface area contributed by atoms with Crippen molar-refractivity contribution in [3.63, 3.8) is 0 Å². The van der Waals surface area contributed by atoms with Crippen molar-refractivity contribution in [2.75, 3.05) is 31.7 Å². The number of aromatic nitrogens is 2. The van der Waals surface area contributed by atoms with Gasteiger partial charge in [0.05, 0.1) is 18.3 Å². The molecular formula is C14H25N3O2. The molecule has 0 radical (unpaired) electrons. The minimum atomic E-state index is 0.345. The van der Waals surface area contributed by atoms with Gasteiger partial charge >= 0.3 is 0 Å². The van der Waals surface area contributed by atoms with Gasteiger partial charge in [0.15, 0.2) is 0 Å². The highest BCUT2D eigenvalue weighted by molar-refractivity contribution is 5.28. The van der Waals surface area contributed by atoms with Crippen LogP contribution in [0.25, 0.3) is 0 Å². The molecule has 0 aliphatic carbocycles. The van der Waals surface area contributed by atoms with E-state index < -0.39 is 0 Å². The molecule has 1 saturated heterocycles. The predicted molar refractivity (Wildman–Crippen MR) is 75.5 cm³/mol. The third-order valence-corrected chi connectivity index (χ3v) is 3.27. The fourth-order valence-electron chi connectivity index (χ4n) is 2.35. The Kier molecular flexibility index (Phi) is 5.66. The van der Waals surface area contributed by atoms with Crippen molar-refractivity contribution < 1.29 is 9.47 Å². The summed E-state index contributed by atoms with van der Waals surface area (Å²) in [5.74, 6) is 0.949. The van der Waals surface area contributed by atoms with E-state index >= 15 is 0 Å². The summed E-state index contributed by atoms with van der Waals surface area (Å²) in [6.07, 6.45) is 5.76. The third kappa shape index (κ3) is 4.51. The van der Waals surface area contributed by atoms with Crippen LogP contribution in [-0.2, 0) is 16.0 Å². The number of anilines is 1. The summed E-state index contributed by atoms with van der Waals surface area (Å²) in [6, 6.07) is 0. The van der Waals surface area contributed by atoms with Gasteiger partial charge in [-0.05, 0) is 33.1 Å². The van der Waals surface area contributed by atoms with Gasteiger partial charge in [-0.25, -0.2) is 4.98 Å². The number of hydrogen-bond donors (Lipinski definition) is 1. The van der Waals surface area contributed by atoms with Crippen LogP contribution in [0.2, 0.25) is 0 Å². The van der Waals surface area contributed by atoms with Crippen molar-refractivity contribution in [2.24, 2.45) is 0 Å². The lowest BCUT2D eigenvalue weighted by atomic mass is 10.2. The van der Waals surface area contributed by atoms with Crippen LogP contribution in [0.4, 0.5) is 5.95 Å². The second-order valence-electron chi connectivity index (χ2n) is 4.97. The van der Waals surface area contributed by atoms with E-state index in [1.54, 1.807) is 0 Å². The first-order valence-electron chi connectivity index (χ1n) is 7.26. The molecule has 19 heavy (non-hydrogen) atoms. The molecule has 108 valence electrons. The van der Waals surface area contributed by atoms with E-state index in [9.17, 15) is 0 Å². The Labute approximate surface area is 115 Å². The first kappa shape index (κ1) is 14.3. The topological polar surface area (TPSA) is 48.3 Å². The molecule has 1 aromatic rings. The molecule has 5 heteroatoms. The Bertz CT molecular complexity index is 373. The van der Waals surface area contributed by atoms with Crippen LogP contribution < -0.4 is 5.32 Å². The largest absolute Gasteiger partial charge is 0.382 e. The van der Waals surface area contributed by atoms with Gasteiger partial charge in [-0.3, -0.25) is 0 Å². The molecule has 5 nitrogen and oxygen atoms in total. The summed E-state index contributed by atoms with van der Waals surface area (Å²) >= 11 is 0. The minimum Gasteiger partial charge on any atom is -0.382 e. The highest BCUT2D eigenvalue weighted by Crippen LogP contribution is 2.17. The number of nitrogens with zero attached hydrogens (tertiary/aromatic N) is 2. The van der Waals surface area contributed by atoms with Crippen molar-refractivity contribution in [3.8, 4) is 0 Å².